The number of carbonyl (C=O) groups is 2. The van der Waals surface area contributed by atoms with Gasteiger partial charge < -0.3 is 9.47 Å². The average molecular weight is 610 g/mol. The molecule has 5 nitrogen and oxygen atoms in total. The largest absolute Gasteiger partial charge is 0.421 e. The van der Waals surface area contributed by atoms with Crippen molar-refractivity contribution >= 4 is 79.0 Å². The highest BCUT2D eigenvalue weighted by atomic mass is 79.9. The molecule has 0 spiro atoms. The van der Waals surface area contributed by atoms with Crippen LogP contribution in [0.1, 0.15) is 27.0 Å². The van der Waals surface area contributed by atoms with E-state index in [1.54, 1.807) is 54.6 Å². The molecular formula is C24H13Br2Cl2NO4. The van der Waals surface area contributed by atoms with Crippen molar-refractivity contribution in [2.24, 2.45) is 4.99 Å². The van der Waals surface area contributed by atoms with E-state index < -0.39 is 11.9 Å². The Hall–Kier alpha value is -2.45. The molecule has 3 aromatic carbocycles. The first-order chi connectivity index (χ1) is 15.7. The van der Waals surface area contributed by atoms with Gasteiger partial charge in [0.05, 0.1) is 25.1 Å². The summed E-state index contributed by atoms with van der Waals surface area (Å²) in [6, 6.07) is 15.3. The number of ether oxygens (including phenoxy) is 2. The van der Waals surface area contributed by atoms with E-state index in [0.29, 0.717) is 41.4 Å². The third kappa shape index (κ3) is 5.38. The van der Waals surface area contributed by atoms with E-state index in [1.165, 1.54) is 0 Å². The Morgan fingerprint density at radius 2 is 1.79 bits per heavy atom. The molecular weight excluding hydrogens is 597 g/mol. The number of carbonyl (C=O) groups excluding carboxylic acids is 2. The Labute approximate surface area is 216 Å². The molecule has 0 fully saturated rings. The fourth-order valence-corrected chi connectivity index (χ4v) is 4.90. The highest BCUT2D eigenvalue weighted by Gasteiger charge is 2.26. The Morgan fingerprint density at radius 3 is 2.45 bits per heavy atom. The van der Waals surface area contributed by atoms with Gasteiger partial charge >= 0.3 is 11.9 Å². The maximum Gasteiger partial charge on any atom is 0.363 e. The molecule has 166 valence electrons. The zero-order chi connectivity index (χ0) is 23.7. The molecule has 3 aromatic rings. The summed E-state index contributed by atoms with van der Waals surface area (Å²) in [7, 11) is 0. The lowest BCUT2D eigenvalue weighted by Crippen LogP contribution is -2.09. The summed E-state index contributed by atoms with van der Waals surface area (Å²) in [5.74, 6) is -0.692. The van der Waals surface area contributed by atoms with Crippen LogP contribution in [-0.2, 0) is 9.53 Å². The number of cyclic esters (lactones) is 1. The van der Waals surface area contributed by atoms with E-state index in [-0.39, 0.29) is 11.6 Å². The van der Waals surface area contributed by atoms with Crippen LogP contribution in [0.2, 0.25) is 10.0 Å². The smallest absolute Gasteiger partial charge is 0.363 e. The number of aliphatic imine (C=N–C) groups is 1. The predicted octanol–water partition coefficient (Wildman–Crippen LogP) is 7.39. The summed E-state index contributed by atoms with van der Waals surface area (Å²) in [4.78, 5) is 29.1. The number of halogens is 4. The molecule has 0 radical (unpaired) electrons. The van der Waals surface area contributed by atoms with Gasteiger partial charge in [0.25, 0.3) is 0 Å². The maximum atomic E-state index is 12.5. The normalized spacial score (nSPS) is 14.3. The van der Waals surface area contributed by atoms with Gasteiger partial charge in [-0.25, -0.2) is 14.6 Å². The second-order valence-corrected chi connectivity index (χ2v) is 9.59. The molecule has 0 bridgehead atoms. The standard InChI is InChI=1S/C24H13Br2Cl2NO4/c1-12-3-2-4-14(7-12)23(30)32-21-17(25)8-13(9-18(21)26)10-20-24(31)33-22(29-20)16-6-5-15(27)11-19(16)28/h2-11H,1H3/b20-10-. The molecule has 0 unspecified atom stereocenters. The highest BCUT2D eigenvalue weighted by Crippen LogP contribution is 2.36. The third-order valence-corrected chi connectivity index (χ3v) is 6.28. The van der Waals surface area contributed by atoms with E-state index >= 15 is 0 Å². The SMILES string of the molecule is Cc1cccc(C(=O)Oc2c(Br)cc(/C=C3\N=C(c4ccc(Cl)cc4Cl)OC3=O)cc2Br)c1. The minimum Gasteiger partial charge on any atom is -0.421 e. The zero-order valence-electron chi connectivity index (χ0n) is 16.9. The molecule has 1 aliphatic rings. The summed E-state index contributed by atoms with van der Waals surface area (Å²) >= 11 is 19.0. The summed E-state index contributed by atoms with van der Waals surface area (Å²) in [5.41, 5.74) is 2.57. The van der Waals surface area contributed by atoms with Crippen LogP contribution in [0.4, 0.5) is 0 Å². The van der Waals surface area contributed by atoms with Gasteiger partial charge in [-0.2, -0.15) is 0 Å². The Morgan fingerprint density at radius 1 is 1.06 bits per heavy atom. The predicted molar refractivity (Wildman–Crippen MR) is 135 cm³/mol. The van der Waals surface area contributed by atoms with Gasteiger partial charge in [0, 0.05) is 5.02 Å². The van der Waals surface area contributed by atoms with Gasteiger partial charge in [0.1, 0.15) is 0 Å². The number of esters is 2. The Balaban J connectivity index is 1.60. The first-order valence-corrected chi connectivity index (χ1v) is 11.8. The van der Waals surface area contributed by atoms with Gasteiger partial charge in [-0.05, 0) is 92.9 Å². The van der Waals surface area contributed by atoms with Crippen LogP contribution in [0.25, 0.3) is 6.08 Å². The molecule has 0 saturated heterocycles. The molecule has 9 heteroatoms. The van der Waals surface area contributed by atoms with Crippen molar-refractivity contribution in [2.75, 3.05) is 0 Å². The molecule has 0 saturated carbocycles. The van der Waals surface area contributed by atoms with Crippen molar-refractivity contribution in [1.29, 1.82) is 0 Å². The maximum absolute atomic E-state index is 12.5. The molecule has 0 atom stereocenters. The zero-order valence-corrected chi connectivity index (χ0v) is 21.5. The summed E-state index contributed by atoms with van der Waals surface area (Å²) < 4.78 is 11.9. The molecule has 0 aliphatic carbocycles. The van der Waals surface area contributed by atoms with Crippen molar-refractivity contribution in [3.05, 3.63) is 102 Å². The Bertz CT molecular complexity index is 1350. The average Bonchev–Trinajstić information content (AvgIpc) is 3.10. The summed E-state index contributed by atoms with van der Waals surface area (Å²) in [5, 5.41) is 0.780. The molecule has 0 aromatic heterocycles. The van der Waals surface area contributed by atoms with Crippen LogP contribution in [0.3, 0.4) is 0 Å². The van der Waals surface area contributed by atoms with Crippen LogP contribution < -0.4 is 4.74 Å². The van der Waals surface area contributed by atoms with Crippen molar-refractivity contribution in [1.82, 2.24) is 0 Å². The fourth-order valence-electron chi connectivity index (χ4n) is 3.03. The van der Waals surface area contributed by atoms with Crippen molar-refractivity contribution < 1.29 is 19.1 Å². The van der Waals surface area contributed by atoms with Gasteiger partial charge in [-0.1, -0.05) is 40.9 Å². The first-order valence-electron chi connectivity index (χ1n) is 9.47. The monoisotopic (exact) mass is 607 g/mol. The molecule has 0 amide bonds. The topological polar surface area (TPSA) is 65.0 Å². The molecule has 1 aliphatic heterocycles. The highest BCUT2D eigenvalue weighted by molar-refractivity contribution is 9.11. The quantitative estimate of drug-likeness (QED) is 0.176. The molecule has 0 N–H and O–H groups in total. The number of hydrogen-bond donors (Lipinski definition) is 0. The van der Waals surface area contributed by atoms with Gasteiger partial charge in [-0.15, -0.1) is 0 Å². The number of hydrogen-bond acceptors (Lipinski definition) is 5. The Kier molecular flexibility index (Phi) is 7.05. The third-order valence-electron chi connectivity index (χ3n) is 4.55. The van der Waals surface area contributed by atoms with Gasteiger partial charge in [-0.3, -0.25) is 0 Å². The molecule has 1 heterocycles. The van der Waals surface area contributed by atoms with E-state index in [1.807, 2.05) is 13.0 Å². The summed E-state index contributed by atoms with van der Waals surface area (Å²) in [6.07, 6.45) is 1.56. The minimum atomic E-state index is -0.613. The lowest BCUT2D eigenvalue weighted by Gasteiger charge is -2.10. The first kappa shape index (κ1) is 23.7. The molecule has 4 rings (SSSR count). The lowest BCUT2D eigenvalue weighted by molar-refractivity contribution is -0.129. The van der Waals surface area contributed by atoms with E-state index in [0.717, 1.165) is 5.56 Å². The van der Waals surface area contributed by atoms with Crippen LogP contribution in [0, 0.1) is 6.92 Å². The van der Waals surface area contributed by atoms with Crippen LogP contribution in [0.15, 0.2) is 74.2 Å². The fraction of sp³-hybridized carbons (Fsp3) is 0.0417. The lowest BCUT2D eigenvalue weighted by atomic mass is 10.1. The number of aryl methyl sites for hydroxylation is 1. The van der Waals surface area contributed by atoms with E-state index in [4.69, 9.17) is 32.7 Å². The van der Waals surface area contributed by atoms with Crippen molar-refractivity contribution in [2.45, 2.75) is 6.92 Å². The summed E-state index contributed by atoms with van der Waals surface area (Å²) in [6.45, 7) is 1.90. The minimum absolute atomic E-state index is 0.0924. The van der Waals surface area contributed by atoms with Crippen molar-refractivity contribution in [3.63, 3.8) is 0 Å². The van der Waals surface area contributed by atoms with Gasteiger partial charge in [0.15, 0.2) is 11.4 Å². The van der Waals surface area contributed by atoms with Crippen LogP contribution in [0.5, 0.6) is 5.75 Å². The molecule has 33 heavy (non-hydrogen) atoms. The van der Waals surface area contributed by atoms with Crippen molar-refractivity contribution in [3.8, 4) is 5.75 Å². The number of rotatable bonds is 4. The number of benzene rings is 3. The second kappa shape index (κ2) is 9.81. The van der Waals surface area contributed by atoms with Crippen LogP contribution in [-0.4, -0.2) is 17.8 Å². The van der Waals surface area contributed by atoms with E-state index in [9.17, 15) is 9.59 Å². The number of nitrogens with zero attached hydrogens (tertiary/aromatic N) is 1. The second-order valence-electron chi connectivity index (χ2n) is 7.03. The van der Waals surface area contributed by atoms with Crippen LogP contribution >= 0.6 is 55.1 Å². The van der Waals surface area contributed by atoms with Gasteiger partial charge in [0.2, 0.25) is 5.90 Å². The van der Waals surface area contributed by atoms with E-state index in [2.05, 4.69) is 36.9 Å².